The van der Waals surface area contributed by atoms with Gasteiger partial charge in [0.15, 0.2) is 11.5 Å². The molecule has 0 atom stereocenters. The van der Waals surface area contributed by atoms with Crippen molar-refractivity contribution in [3.05, 3.63) is 17.7 Å². The zero-order valence-electron chi connectivity index (χ0n) is 9.03. The van der Waals surface area contributed by atoms with Crippen molar-refractivity contribution < 1.29 is 14.6 Å². The monoisotopic (exact) mass is 221 g/mol. The van der Waals surface area contributed by atoms with E-state index in [2.05, 4.69) is 0 Å². The van der Waals surface area contributed by atoms with E-state index in [9.17, 15) is 5.11 Å². The van der Waals surface area contributed by atoms with Gasteiger partial charge in [-0.25, -0.2) is 0 Å². The lowest BCUT2D eigenvalue weighted by molar-refractivity contribution is 0.174. The number of aryl methyl sites for hydroxylation is 1. The number of aromatic hydroxyl groups is 1. The van der Waals surface area contributed by atoms with Gasteiger partial charge >= 0.3 is 0 Å². The Labute approximate surface area is 94.0 Å². The van der Waals surface area contributed by atoms with Crippen LogP contribution in [0.3, 0.4) is 0 Å². The van der Waals surface area contributed by atoms with Crippen LogP contribution in [0, 0.1) is 0 Å². The second kappa shape index (κ2) is 3.28. The predicted octanol–water partition coefficient (Wildman–Crippen LogP) is 1.54. The van der Waals surface area contributed by atoms with Crippen LogP contribution in [-0.2, 0) is 6.42 Å². The van der Waals surface area contributed by atoms with Gasteiger partial charge in [-0.1, -0.05) is 0 Å². The summed E-state index contributed by atoms with van der Waals surface area (Å²) in [5.41, 5.74) is 6.93. The molecule has 1 saturated carbocycles. The van der Waals surface area contributed by atoms with Crippen LogP contribution < -0.4 is 15.2 Å². The Kier molecular flexibility index (Phi) is 2.01. The number of ether oxygens (including phenoxy) is 2. The van der Waals surface area contributed by atoms with E-state index in [4.69, 9.17) is 15.2 Å². The molecular weight excluding hydrogens is 206 g/mol. The summed E-state index contributed by atoms with van der Waals surface area (Å²) in [6, 6.07) is 3.47. The maximum absolute atomic E-state index is 9.82. The van der Waals surface area contributed by atoms with Gasteiger partial charge in [-0.3, -0.25) is 0 Å². The maximum Gasteiger partial charge on any atom is 0.231 e. The first-order valence-electron chi connectivity index (χ1n) is 5.57. The van der Waals surface area contributed by atoms with E-state index in [-0.39, 0.29) is 18.1 Å². The van der Waals surface area contributed by atoms with Crippen LogP contribution in [0.4, 0.5) is 0 Å². The van der Waals surface area contributed by atoms with Crippen molar-refractivity contribution in [2.75, 3.05) is 6.79 Å². The van der Waals surface area contributed by atoms with Crippen LogP contribution in [-0.4, -0.2) is 17.4 Å². The van der Waals surface area contributed by atoms with Crippen LogP contribution in [0.5, 0.6) is 17.2 Å². The SMILES string of the molecule is NC1(CCc2cc3c(cc2O)OCO3)CC1. The highest BCUT2D eigenvalue weighted by atomic mass is 16.7. The van der Waals surface area contributed by atoms with Crippen LogP contribution in [0.2, 0.25) is 0 Å². The molecule has 2 aliphatic rings. The molecule has 3 rings (SSSR count). The van der Waals surface area contributed by atoms with Crippen molar-refractivity contribution in [2.24, 2.45) is 5.73 Å². The second-order valence-corrected chi connectivity index (χ2v) is 4.70. The van der Waals surface area contributed by atoms with Gasteiger partial charge in [0.2, 0.25) is 6.79 Å². The molecular formula is C12H15NO3. The quantitative estimate of drug-likeness (QED) is 0.812. The Morgan fingerprint density at radius 1 is 1.25 bits per heavy atom. The molecule has 0 unspecified atom stereocenters. The van der Waals surface area contributed by atoms with E-state index in [1.807, 2.05) is 6.07 Å². The standard InChI is InChI=1S/C12H15NO3/c13-12(3-4-12)2-1-8-5-10-11(6-9(8)14)16-7-15-10/h5-6,14H,1-4,7,13H2. The van der Waals surface area contributed by atoms with Crippen LogP contribution in [0.1, 0.15) is 24.8 Å². The lowest BCUT2D eigenvalue weighted by Gasteiger charge is -2.10. The Hall–Kier alpha value is -1.42. The van der Waals surface area contributed by atoms with Crippen molar-refractivity contribution in [2.45, 2.75) is 31.2 Å². The highest BCUT2D eigenvalue weighted by Gasteiger charge is 2.37. The molecule has 86 valence electrons. The molecule has 1 fully saturated rings. The molecule has 0 saturated heterocycles. The van der Waals surface area contributed by atoms with Crippen molar-refractivity contribution in [3.8, 4) is 17.2 Å². The summed E-state index contributed by atoms with van der Waals surface area (Å²) in [5, 5.41) is 9.82. The summed E-state index contributed by atoms with van der Waals surface area (Å²) < 4.78 is 10.5. The van der Waals surface area contributed by atoms with Gasteiger partial charge in [0, 0.05) is 11.6 Å². The molecule has 1 aromatic carbocycles. The molecule has 0 amide bonds. The fourth-order valence-electron chi connectivity index (χ4n) is 1.97. The first kappa shape index (κ1) is 9.78. The van der Waals surface area contributed by atoms with Gasteiger partial charge in [0.05, 0.1) is 0 Å². The summed E-state index contributed by atoms with van der Waals surface area (Å²) in [5.74, 6) is 1.61. The molecule has 0 spiro atoms. The van der Waals surface area contributed by atoms with Crippen molar-refractivity contribution in [3.63, 3.8) is 0 Å². The molecule has 1 heterocycles. The average molecular weight is 221 g/mol. The van der Waals surface area contributed by atoms with E-state index in [0.717, 1.165) is 37.0 Å². The minimum absolute atomic E-state index is 0.0167. The first-order chi connectivity index (χ1) is 7.66. The summed E-state index contributed by atoms with van der Waals surface area (Å²) in [7, 11) is 0. The van der Waals surface area contributed by atoms with Gasteiger partial charge in [0.1, 0.15) is 5.75 Å². The number of phenols is 1. The second-order valence-electron chi connectivity index (χ2n) is 4.70. The van der Waals surface area contributed by atoms with Crippen molar-refractivity contribution >= 4 is 0 Å². The molecule has 0 bridgehead atoms. The van der Waals surface area contributed by atoms with Crippen molar-refractivity contribution in [1.29, 1.82) is 0 Å². The highest BCUT2D eigenvalue weighted by molar-refractivity contribution is 5.51. The van der Waals surface area contributed by atoms with E-state index in [0.29, 0.717) is 5.75 Å². The van der Waals surface area contributed by atoms with Gasteiger partial charge < -0.3 is 20.3 Å². The third-order valence-corrected chi connectivity index (χ3v) is 3.36. The van der Waals surface area contributed by atoms with Crippen LogP contribution in [0.15, 0.2) is 12.1 Å². The summed E-state index contributed by atoms with van der Waals surface area (Å²) >= 11 is 0. The Morgan fingerprint density at radius 3 is 2.62 bits per heavy atom. The third kappa shape index (κ3) is 1.69. The number of rotatable bonds is 3. The molecule has 0 aromatic heterocycles. The summed E-state index contributed by atoms with van der Waals surface area (Å²) in [6.07, 6.45) is 3.90. The Balaban J connectivity index is 1.78. The number of hydrogen-bond donors (Lipinski definition) is 2. The molecule has 16 heavy (non-hydrogen) atoms. The number of hydrogen-bond acceptors (Lipinski definition) is 4. The van der Waals surface area contributed by atoms with Crippen LogP contribution in [0.25, 0.3) is 0 Å². The predicted molar refractivity (Wildman–Crippen MR) is 58.7 cm³/mol. The molecule has 1 aliphatic carbocycles. The van der Waals surface area contributed by atoms with Crippen molar-refractivity contribution in [1.82, 2.24) is 0 Å². The Morgan fingerprint density at radius 2 is 1.94 bits per heavy atom. The topological polar surface area (TPSA) is 64.7 Å². The highest BCUT2D eigenvalue weighted by Crippen LogP contribution is 2.41. The lowest BCUT2D eigenvalue weighted by atomic mass is 10.0. The zero-order valence-corrected chi connectivity index (χ0v) is 9.03. The largest absolute Gasteiger partial charge is 0.508 e. The van der Waals surface area contributed by atoms with Gasteiger partial charge in [0.25, 0.3) is 0 Å². The smallest absolute Gasteiger partial charge is 0.231 e. The number of phenolic OH excluding ortho intramolecular Hbond substituents is 1. The number of benzene rings is 1. The van der Waals surface area contributed by atoms with E-state index in [1.165, 1.54) is 0 Å². The minimum Gasteiger partial charge on any atom is -0.508 e. The first-order valence-corrected chi connectivity index (χ1v) is 5.57. The zero-order chi connectivity index (χ0) is 11.2. The maximum atomic E-state index is 9.82. The van der Waals surface area contributed by atoms with Crippen LogP contribution >= 0.6 is 0 Å². The fourth-order valence-corrected chi connectivity index (χ4v) is 1.97. The van der Waals surface area contributed by atoms with Gasteiger partial charge in [-0.15, -0.1) is 0 Å². The number of fused-ring (bicyclic) bond motifs is 1. The summed E-state index contributed by atoms with van der Waals surface area (Å²) in [6.45, 7) is 0.235. The Bertz CT molecular complexity index is 427. The van der Waals surface area contributed by atoms with Gasteiger partial charge in [-0.05, 0) is 37.3 Å². The number of nitrogens with two attached hydrogens (primary N) is 1. The molecule has 1 aliphatic heterocycles. The van der Waals surface area contributed by atoms with E-state index >= 15 is 0 Å². The molecule has 1 aromatic rings. The third-order valence-electron chi connectivity index (χ3n) is 3.36. The van der Waals surface area contributed by atoms with E-state index < -0.39 is 0 Å². The normalized spacial score (nSPS) is 19.8. The van der Waals surface area contributed by atoms with Gasteiger partial charge in [-0.2, -0.15) is 0 Å². The minimum atomic E-state index is 0.0167. The summed E-state index contributed by atoms with van der Waals surface area (Å²) in [4.78, 5) is 0. The molecule has 3 N–H and O–H groups in total. The lowest BCUT2D eigenvalue weighted by Crippen LogP contribution is -2.22. The average Bonchev–Trinajstić information content (AvgIpc) is 2.82. The van der Waals surface area contributed by atoms with E-state index in [1.54, 1.807) is 6.07 Å². The molecule has 0 radical (unpaired) electrons. The molecule has 4 heteroatoms. The fraction of sp³-hybridized carbons (Fsp3) is 0.500. The molecule has 4 nitrogen and oxygen atoms in total.